The second-order valence-electron chi connectivity index (χ2n) is 5.09. The molecule has 0 atom stereocenters. The van der Waals surface area contributed by atoms with Gasteiger partial charge >= 0.3 is 0 Å². The van der Waals surface area contributed by atoms with Crippen molar-refractivity contribution in [2.45, 2.75) is 6.92 Å². The largest absolute Gasteiger partial charge is 0.397 e. The number of nitrogens with one attached hydrogen (secondary N) is 1. The molecule has 4 nitrogen and oxygen atoms in total. The third-order valence-corrected chi connectivity index (χ3v) is 3.17. The number of nitrogens with two attached hydrogens (primary N) is 1. The zero-order valence-corrected chi connectivity index (χ0v) is 12.3. The molecule has 0 aromatic heterocycles. The number of carbonyl (C=O) groups is 1. The zero-order valence-electron chi connectivity index (χ0n) is 12.3. The van der Waals surface area contributed by atoms with Gasteiger partial charge in [-0.25, -0.2) is 4.39 Å². The molecule has 0 aliphatic rings. The Morgan fingerprint density at radius 2 is 1.86 bits per heavy atom. The van der Waals surface area contributed by atoms with Crippen LogP contribution >= 0.6 is 0 Å². The number of hydrogen-bond donors (Lipinski definition) is 2. The van der Waals surface area contributed by atoms with E-state index in [1.807, 2.05) is 6.92 Å². The number of carbonyl (C=O) groups excluding carboxylic acids is 1. The van der Waals surface area contributed by atoms with Crippen LogP contribution in [0.4, 0.5) is 21.5 Å². The van der Waals surface area contributed by atoms with E-state index in [0.717, 1.165) is 5.56 Å². The third-order valence-electron chi connectivity index (χ3n) is 3.17. The average Bonchev–Trinajstić information content (AvgIpc) is 2.44. The predicted octanol–water partition coefficient (Wildman–Crippen LogP) is 3.16. The Labute approximate surface area is 123 Å². The number of benzene rings is 2. The van der Waals surface area contributed by atoms with Gasteiger partial charge in [0, 0.05) is 25.3 Å². The molecule has 0 heterocycles. The molecule has 0 unspecified atom stereocenters. The van der Waals surface area contributed by atoms with Crippen molar-refractivity contribution in [1.82, 2.24) is 4.90 Å². The highest BCUT2D eigenvalue weighted by atomic mass is 19.1. The Hall–Kier alpha value is -2.56. The maximum atomic E-state index is 13.3. The average molecular weight is 287 g/mol. The smallest absolute Gasteiger partial charge is 0.253 e. The lowest BCUT2D eigenvalue weighted by atomic mass is 10.1. The van der Waals surface area contributed by atoms with Gasteiger partial charge in [0.25, 0.3) is 5.91 Å². The van der Waals surface area contributed by atoms with Crippen LogP contribution in [-0.2, 0) is 0 Å². The lowest BCUT2D eigenvalue weighted by Crippen LogP contribution is -2.21. The summed E-state index contributed by atoms with van der Waals surface area (Å²) in [4.78, 5) is 13.4. The molecule has 3 N–H and O–H groups in total. The zero-order chi connectivity index (χ0) is 15.6. The first kappa shape index (κ1) is 14.8. The molecule has 0 spiro atoms. The van der Waals surface area contributed by atoms with Gasteiger partial charge in [-0.2, -0.15) is 0 Å². The van der Waals surface area contributed by atoms with E-state index in [1.54, 1.807) is 38.4 Å². The van der Waals surface area contributed by atoms with E-state index in [0.29, 0.717) is 22.6 Å². The van der Waals surface area contributed by atoms with Crippen LogP contribution in [0.5, 0.6) is 0 Å². The van der Waals surface area contributed by atoms with E-state index < -0.39 is 0 Å². The maximum Gasteiger partial charge on any atom is 0.253 e. The van der Waals surface area contributed by atoms with Crippen molar-refractivity contribution >= 4 is 23.0 Å². The van der Waals surface area contributed by atoms with Gasteiger partial charge in [-0.15, -0.1) is 0 Å². The molecule has 2 aromatic carbocycles. The van der Waals surface area contributed by atoms with Gasteiger partial charge in [-0.3, -0.25) is 4.79 Å². The van der Waals surface area contributed by atoms with Crippen LogP contribution in [0.15, 0.2) is 36.4 Å². The molecule has 21 heavy (non-hydrogen) atoms. The van der Waals surface area contributed by atoms with Crippen molar-refractivity contribution < 1.29 is 9.18 Å². The molecule has 2 rings (SSSR count). The molecule has 0 saturated carbocycles. The predicted molar refractivity (Wildman–Crippen MR) is 83.3 cm³/mol. The molecule has 0 aliphatic heterocycles. The highest BCUT2D eigenvalue weighted by Gasteiger charge is 2.10. The number of amides is 1. The molecule has 2 aromatic rings. The Balaban J connectivity index is 2.30. The van der Waals surface area contributed by atoms with Gasteiger partial charge in [0.1, 0.15) is 5.82 Å². The van der Waals surface area contributed by atoms with Crippen molar-refractivity contribution in [2.75, 3.05) is 25.1 Å². The number of nitrogen functional groups attached to an aromatic ring is 1. The summed E-state index contributed by atoms with van der Waals surface area (Å²) in [5, 5.41) is 3.09. The molecule has 1 amide bonds. The fourth-order valence-electron chi connectivity index (χ4n) is 1.94. The molecule has 0 saturated heterocycles. The quantitative estimate of drug-likeness (QED) is 0.853. The normalized spacial score (nSPS) is 10.3. The first-order valence-electron chi connectivity index (χ1n) is 6.53. The summed E-state index contributed by atoms with van der Waals surface area (Å²) in [7, 11) is 3.36. The summed E-state index contributed by atoms with van der Waals surface area (Å²) >= 11 is 0. The molecular weight excluding hydrogens is 269 g/mol. The van der Waals surface area contributed by atoms with Crippen LogP contribution in [0.3, 0.4) is 0 Å². The summed E-state index contributed by atoms with van der Waals surface area (Å²) < 4.78 is 13.3. The summed E-state index contributed by atoms with van der Waals surface area (Å²) in [6.07, 6.45) is 0. The van der Waals surface area contributed by atoms with Crippen LogP contribution in [-0.4, -0.2) is 24.9 Å². The minimum absolute atomic E-state index is 0.116. The van der Waals surface area contributed by atoms with E-state index in [1.165, 1.54) is 17.0 Å². The first-order valence-corrected chi connectivity index (χ1v) is 6.53. The number of rotatable bonds is 3. The topological polar surface area (TPSA) is 58.4 Å². The number of anilines is 3. The highest BCUT2D eigenvalue weighted by molar-refractivity contribution is 5.96. The monoisotopic (exact) mass is 287 g/mol. The van der Waals surface area contributed by atoms with E-state index >= 15 is 0 Å². The molecule has 0 bridgehead atoms. The van der Waals surface area contributed by atoms with Crippen LogP contribution in [0.2, 0.25) is 0 Å². The Morgan fingerprint density at radius 1 is 1.14 bits per heavy atom. The van der Waals surface area contributed by atoms with Gasteiger partial charge in [-0.05, 0) is 42.8 Å². The minimum Gasteiger partial charge on any atom is -0.397 e. The molecule has 0 fully saturated rings. The Morgan fingerprint density at radius 3 is 2.48 bits per heavy atom. The lowest BCUT2D eigenvalue weighted by Gasteiger charge is -2.14. The fraction of sp³-hybridized carbons (Fsp3) is 0.188. The summed E-state index contributed by atoms with van der Waals surface area (Å²) in [6.45, 7) is 1.88. The Bertz CT molecular complexity index is 683. The Kier molecular flexibility index (Phi) is 4.12. The lowest BCUT2D eigenvalue weighted by molar-refractivity contribution is 0.0827. The van der Waals surface area contributed by atoms with E-state index in [2.05, 4.69) is 5.32 Å². The summed E-state index contributed by atoms with van der Waals surface area (Å²) in [5.74, 6) is -0.434. The molecular formula is C16H18FN3O. The molecule has 5 heteroatoms. The highest BCUT2D eigenvalue weighted by Crippen LogP contribution is 2.27. The molecule has 110 valence electrons. The van der Waals surface area contributed by atoms with Gasteiger partial charge in [0.05, 0.1) is 11.4 Å². The van der Waals surface area contributed by atoms with Crippen molar-refractivity contribution in [3.05, 3.63) is 53.3 Å². The number of aryl methyl sites for hydroxylation is 1. The summed E-state index contributed by atoms with van der Waals surface area (Å²) in [5.41, 5.74) is 9.11. The number of hydrogen-bond acceptors (Lipinski definition) is 3. The standard InChI is InChI=1S/C16H18FN3O/c1-10-4-6-12(17)9-15(10)19-14-7-5-11(8-13(14)18)16(21)20(2)3/h4-9,19H,18H2,1-3H3. The summed E-state index contributed by atoms with van der Waals surface area (Å²) in [6, 6.07) is 9.53. The molecule has 0 aliphatic carbocycles. The number of halogens is 1. The van der Waals surface area contributed by atoms with Gasteiger partial charge in [0.15, 0.2) is 0 Å². The number of nitrogens with zero attached hydrogens (tertiary/aromatic N) is 1. The SMILES string of the molecule is Cc1ccc(F)cc1Nc1ccc(C(=O)N(C)C)cc1N. The van der Waals surface area contributed by atoms with Crippen molar-refractivity contribution in [3.8, 4) is 0 Å². The van der Waals surface area contributed by atoms with Gasteiger partial charge in [-0.1, -0.05) is 6.07 Å². The fourth-order valence-corrected chi connectivity index (χ4v) is 1.94. The van der Waals surface area contributed by atoms with E-state index in [-0.39, 0.29) is 11.7 Å². The first-order chi connectivity index (χ1) is 9.88. The minimum atomic E-state index is -0.318. The maximum absolute atomic E-state index is 13.3. The van der Waals surface area contributed by atoms with Crippen molar-refractivity contribution in [2.24, 2.45) is 0 Å². The van der Waals surface area contributed by atoms with Crippen molar-refractivity contribution in [3.63, 3.8) is 0 Å². The van der Waals surface area contributed by atoms with Crippen LogP contribution in [0.1, 0.15) is 15.9 Å². The second-order valence-corrected chi connectivity index (χ2v) is 5.09. The van der Waals surface area contributed by atoms with Gasteiger partial charge in [0.2, 0.25) is 0 Å². The molecule has 0 radical (unpaired) electrons. The third kappa shape index (κ3) is 3.31. The van der Waals surface area contributed by atoms with Crippen molar-refractivity contribution in [1.29, 1.82) is 0 Å². The second kappa shape index (κ2) is 5.83. The van der Waals surface area contributed by atoms with Crippen LogP contribution < -0.4 is 11.1 Å². The van der Waals surface area contributed by atoms with Gasteiger partial charge < -0.3 is 16.0 Å². The van der Waals surface area contributed by atoms with Crippen LogP contribution in [0, 0.1) is 12.7 Å². The van der Waals surface area contributed by atoms with E-state index in [9.17, 15) is 9.18 Å². The van der Waals surface area contributed by atoms with E-state index in [4.69, 9.17) is 5.73 Å². The van der Waals surface area contributed by atoms with Crippen LogP contribution in [0.25, 0.3) is 0 Å².